The Labute approximate surface area is 216 Å². The van der Waals surface area contributed by atoms with E-state index >= 15 is 0 Å². The molecule has 37 heavy (non-hydrogen) atoms. The van der Waals surface area contributed by atoms with E-state index in [4.69, 9.17) is 9.47 Å². The van der Waals surface area contributed by atoms with Crippen molar-refractivity contribution in [1.29, 1.82) is 0 Å². The molecule has 2 atom stereocenters. The molecule has 2 aromatic rings. The highest BCUT2D eigenvalue weighted by Gasteiger charge is 2.44. The largest absolute Gasteiger partial charge is 0.444 e. The monoisotopic (exact) mass is 514 g/mol. The molecule has 0 radical (unpaired) electrons. The summed E-state index contributed by atoms with van der Waals surface area (Å²) in [5.74, 6) is 0.458. The first kappa shape index (κ1) is 26.6. The van der Waals surface area contributed by atoms with E-state index in [2.05, 4.69) is 20.1 Å². The second-order valence-electron chi connectivity index (χ2n) is 10.8. The summed E-state index contributed by atoms with van der Waals surface area (Å²) in [5, 5.41) is 8.01. The number of benzene rings is 1. The van der Waals surface area contributed by atoms with Crippen molar-refractivity contribution in [3.05, 3.63) is 35.9 Å². The van der Waals surface area contributed by atoms with Crippen LogP contribution in [0, 0.1) is 17.7 Å². The molecule has 2 fully saturated rings. The normalized spacial score (nSPS) is 19.2. The van der Waals surface area contributed by atoms with Crippen LogP contribution >= 0.6 is 0 Å². The van der Waals surface area contributed by atoms with Crippen molar-refractivity contribution in [2.24, 2.45) is 11.8 Å². The zero-order valence-corrected chi connectivity index (χ0v) is 22.3. The standard InChI is InChI=1S/C26H35FN6O4/c1-7-33(16(2)3)24(34)20-10-19(27)8-9-21(20)36-23-22(28-15-29-30-23)31-11-17-13-32(14-18(17)12-31)25(35)37-26(4,5)6/h8-10,15-18H,7,11-14H2,1-6H3. The molecule has 11 heteroatoms. The first-order chi connectivity index (χ1) is 17.5. The van der Waals surface area contributed by atoms with Crippen LogP contribution < -0.4 is 9.64 Å². The zero-order chi connectivity index (χ0) is 26.9. The second kappa shape index (κ2) is 10.5. The van der Waals surface area contributed by atoms with Gasteiger partial charge in [0.1, 0.15) is 23.5 Å². The van der Waals surface area contributed by atoms with Crippen LogP contribution in [-0.4, -0.2) is 81.3 Å². The van der Waals surface area contributed by atoms with Gasteiger partial charge in [0.25, 0.3) is 11.8 Å². The van der Waals surface area contributed by atoms with E-state index in [0.717, 1.165) is 0 Å². The molecule has 2 aliphatic heterocycles. The Kier molecular flexibility index (Phi) is 7.52. The number of ether oxygens (including phenoxy) is 2. The van der Waals surface area contributed by atoms with Crippen molar-refractivity contribution >= 4 is 17.8 Å². The summed E-state index contributed by atoms with van der Waals surface area (Å²) in [5.41, 5.74) is -0.428. The summed E-state index contributed by atoms with van der Waals surface area (Å²) < 4.78 is 25.7. The quantitative estimate of drug-likeness (QED) is 0.571. The van der Waals surface area contributed by atoms with Crippen molar-refractivity contribution in [2.45, 2.75) is 53.2 Å². The molecule has 0 N–H and O–H groups in total. The lowest BCUT2D eigenvalue weighted by Gasteiger charge is -2.27. The van der Waals surface area contributed by atoms with Crippen molar-refractivity contribution < 1.29 is 23.5 Å². The SMILES string of the molecule is CCN(C(=O)c1cc(F)ccc1Oc1nncnc1N1CC2CN(C(=O)OC(C)(C)C)CC2C1)C(C)C. The van der Waals surface area contributed by atoms with Crippen molar-refractivity contribution in [2.75, 3.05) is 37.6 Å². The molecule has 1 aromatic carbocycles. The molecular weight excluding hydrogens is 479 g/mol. The number of nitrogens with zero attached hydrogens (tertiary/aromatic N) is 6. The number of aromatic nitrogens is 3. The Bertz CT molecular complexity index is 1140. The molecule has 2 unspecified atom stereocenters. The van der Waals surface area contributed by atoms with E-state index in [0.29, 0.717) is 38.5 Å². The molecule has 2 aliphatic rings. The van der Waals surface area contributed by atoms with E-state index < -0.39 is 11.4 Å². The van der Waals surface area contributed by atoms with Crippen LogP contribution in [0.15, 0.2) is 24.5 Å². The number of anilines is 1. The summed E-state index contributed by atoms with van der Waals surface area (Å²) >= 11 is 0. The van der Waals surface area contributed by atoms with E-state index in [1.54, 1.807) is 9.80 Å². The van der Waals surface area contributed by atoms with Crippen LogP contribution in [0.3, 0.4) is 0 Å². The van der Waals surface area contributed by atoms with Crippen LogP contribution in [0.2, 0.25) is 0 Å². The maximum atomic E-state index is 14.1. The minimum Gasteiger partial charge on any atom is -0.444 e. The summed E-state index contributed by atoms with van der Waals surface area (Å²) in [6, 6.07) is 3.78. The molecule has 3 heterocycles. The van der Waals surface area contributed by atoms with Crippen molar-refractivity contribution in [1.82, 2.24) is 25.0 Å². The van der Waals surface area contributed by atoms with Crippen LogP contribution in [0.1, 0.15) is 51.9 Å². The smallest absolute Gasteiger partial charge is 0.410 e. The van der Waals surface area contributed by atoms with Gasteiger partial charge in [-0.1, -0.05) is 0 Å². The van der Waals surface area contributed by atoms with Crippen molar-refractivity contribution in [3.8, 4) is 11.6 Å². The summed E-state index contributed by atoms with van der Waals surface area (Å²) in [4.78, 5) is 35.6. The Morgan fingerprint density at radius 1 is 1.16 bits per heavy atom. The van der Waals surface area contributed by atoms with Gasteiger partial charge in [-0.25, -0.2) is 14.2 Å². The first-order valence-corrected chi connectivity index (χ1v) is 12.7. The maximum Gasteiger partial charge on any atom is 0.410 e. The first-order valence-electron chi connectivity index (χ1n) is 12.7. The minimum atomic E-state index is -0.538. The van der Waals surface area contributed by atoms with E-state index in [-0.39, 0.29) is 47.1 Å². The number of hydrogen-bond acceptors (Lipinski definition) is 8. The number of amides is 2. The Morgan fingerprint density at radius 2 is 1.84 bits per heavy atom. The van der Waals surface area contributed by atoms with Crippen LogP contribution in [0.5, 0.6) is 11.6 Å². The molecule has 4 rings (SSSR count). The topological polar surface area (TPSA) is 101 Å². The van der Waals surface area contributed by atoms with E-state index in [1.807, 2.05) is 41.5 Å². The molecule has 2 amide bonds. The van der Waals surface area contributed by atoms with Gasteiger partial charge in [0, 0.05) is 50.6 Å². The van der Waals surface area contributed by atoms with Gasteiger partial charge in [0.15, 0.2) is 5.82 Å². The van der Waals surface area contributed by atoms with Gasteiger partial charge in [0.2, 0.25) is 0 Å². The molecule has 0 saturated carbocycles. The predicted molar refractivity (Wildman–Crippen MR) is 135 cm³/mol. The second-order valence-corrected chi connectivity index (χ2v) is 10.8. The molecule has 0 spiro atoms. The number of likely N-dealkylation sites (tertiary alicyclic amines) is 1. The lowest BCUT2D eigenvalue weighted by molar-refractivity contribution is 0.0282. The van der Waals surface area contributed by atoms with Gasteiger partial charge in [-0.15, -0.1) is 10.2 Å². The molecular formula is C26H35FN6O4. The number of fused-ring (bicyclic) bond motifs is 1. The number of hydrogen-bond donors (Lipinski definition) is 0. The Balaban J connectivity index is 1.51. The predicted octanol–water partition coefficient (Wildman–Crippen LogP) is 3.98. The fourth-order valence-electron chi connectivity index (χ4n) is 4.94. The van der Waals surface area contributed by atoms with Crippen molar-refractivity contribution in [3.63, 3.8) is 0 Å². The number of rotatable bonds is 6. The lowest BCUT2D eigenvalue weighted by atomic mass is 10.0. The Hall–Kier alpha value is -3.50. The third-order valence-electron chi connectivity index (χ3n) is 6.61. The third-order valence-corrected chi connectivity index (χ3v) is 6.61. The highest BCUT2D eigenvalue weighted by atomic mass is 19.1. The molecule has 0 aliphatic carbocycles. The Morgan fingerprint density at radius 3 is 2.43 bits per heavy atom. The number of halogens is 1. The molecule has 10 nitrogen and oxygen atoms in total. The van der Waals surface area contributed by atoms with Gasteiger partial charge in [0.05, 0.1) is 5.56 Å². The van der Waals surface area contributed by atoms with Gasteiger partial charge >= 0.3 is 6.09 Å². The van der Waals surface area contributed by atoms with Crippen LogP contribution in [-0.2, 0) is 4.74 Å². The molecule has 1 aromatic heterocycles. The van der Waals surface area contributed by atoms with E-state index in [1.165, 1.54) is 24.5 Å². The maximum absolute atomic E-state index is 14.1. The van der Waals surface area contributed by atoms with Crippen LogP contribution in [0.25, 0.3) is 0 Å². The average molecular weight is 515 g/mol. The number of carbonyl (C=O) groups excluding carboxylic acids is 2. The summed E-state index contributed by atoms with van der Waals surface area (Å²) in [7, 11) is 0. The highest BCUT2D eigenvalue weighted by molar-refractivity contribution is 5.97. The molecule has 200 valence electrons. The fraction of sp³-hybridized carbons (Fsp3) is 0.577. The van der Waals surface area contributed by atoms with Gasteiger partial charge in [-0.2, -0.15) is 0 Å². The fourth-order valence-corrected chi connectivity index (χ4v) is 4.94. The zero-order valence-electron chi connectivity index (χ0n) is 22.3. The molecule has 0 bridgehead atoms. The third kappa shape index (κ3) is 5.91. The number of carbonyl (C=O) groups is 2. The minimum absolute atomic E-state index is 0.0633. The summed E-state index contributed by atoms with van der Waals surface area (Å²) in [6.07, 6.45) is 1.05. The van der Waals surface area contributed by atoms with E-state index in [9.17, 15) is 14.0 Å². The van der Waals surface area contributed by atoms with Gasteiger partial charge < -0.3 is 24.2 Å². The van der Waals surface area contributed by atoms with Gasteiger partial charge in [-0.05, 0) is 59.7 Å². The van der Waals surface area contributed by atoms with Gasteiger partial charge in [-0.3, -0.25) is 4.79 Å². The lowest BCUT2D eigenvalue weighted by Crippen LogP contribution is -2.37. The van der Waals surface area contributed by atoms with Crippen LogP contribution in [0.4, 0.5) is 15.0 Å². The highest BCUT2D eigenvalue weighted by Crippen LogP contribution is 2.38. The summed E-state index contributed by atoms with van der Waals surface area (Å²) in [6.45, 7) is 14.2. The average Bonchev–Trinajstić information content (AvgIpc) is 3.39. The molecule has 2 saturated heterocycles.